The van der Waals surface area contributed by atoms with Crippen molar-refractivity contribution in [2.24, 2.45) is 0 Å². The van der Waals surface area contributed by atoms with E-state index < -0.39 is 5.97 Å². The maximum Gasteiger partial charge on any atom is 0.351 e. The van der Waals surface area contributed by atoms with Gasteiger partial charge in [-0.3, -0.25) is 0 Å². The molecule has 0 unspecified atom stereocenters. The Labute approximate surface area is 127 Å². The van der Waals surface area contributed by atoms with Gasteiger partial charge in [0.1, 0.15) is 5.75 Å². The fourth-order valence-electron chi connectivity index (χ4n) is 1.32. The summed E-state index contributed by atoms with van der Waals surface area (Å²) in [7, 11) is 1.29. The summed E-state index contributed by atoms with van der Waals surface area (Å²) in [6.45, 7) is 1.91. The average Bonchev–Trinajstić information content (AvgIpc) is 2.74. The molecule has 0 aliphatic heterocycles. The molecule has 0 bridgehead atoms. The van der Waals surface area contributed by atoms with Crippen LogP contribution in [0.1, 0.15) is 15.2 Å². The summed E-state index contributed by atoms with van der Waals surface area (Å²) >= 11 is 10.3. The lowest BCUT2D eigenvalue weighted by Crippen LogP contribution is -1.98. The number of esters is 1. The highest BCUT2D eigenvalue weighted by Crippen LogP contribution is 2.34. The Bertz CT molecular complexity index is 629. The standard InChI is InChI=1S/C12H9BrClNO3S/c1-6-3-4-7(13)5-8(6)18-12-15-10(14)9(19-12)11(16)17-2/h3-5H,1-2H3. The van der Waals surface area contributed by atoms with E-state index in [1.165, 1.54) is 7.11 Å². The molecule has 0 amide bonds. The molecule has 0 saturated heterocycles. The van der Waals surface area contributed by atoms with Crippen LogP contribution in [0.5, 0.6) is 10.9 Å². The van der Waals surface area contributed by atoms with Crippen LogP contribution in [-0.4, -0.2) is 18.1 Å². The molecule has 100 valence electrons. The van der Waals surface area contributed by atoms with Gasteiger partial charge in [-0.05, 0) is 24.6 Å². The molecule has 1 aromatic heterocycles. The summed E-state index contributed by atoms with van der Waals surface area (Å²) < 4.78 is 11.1. The van der Waals surface area contributed by atoms with Gasteiger partial charge in [-0.2, -0.15) is 4.98 Å². The molecule has 0 aliphatic carbocycles. The van der Waals surface area contributed by atoms with Crippen molar-refractivity contribution >= 4 is 44.8 Å². The molecule has 0 radical (unpaired) electrons. The number of rotatable bonds is 3. The van der Waals surface area contributed by atoms with Gasteiger partial charge in [0.05, 0.1) is 7.11 Å². The zero-order valence-electron chi connectivity index (χ0n) is 10.1. The van der Waals surface area contributed by atoms with Crippen molar-refractivity contribution in [2.75, 3.05) is 7.11 Å². The summed E-state index contributed by atoms with van der Waals surface area (Å²) in [5.41, 5.74) is 0.953. The largest absolute Gasteiger partial charge is 0.465 e. The third-order valence-corrected chi connectivity index (χ3v) is 4.08. The normalized spacial score (nSPS) is 10.3. The van der Waals surface area contributed by atoms with Crippen LogP contribution in [0.4, 0.5) is 0 Å². The topological polar surface area (TPSA) is 48.4 Å². The predicted octanol–water partition coefficient (Wildman–Crippen LogP) is 4.45. The minimum atomic E-state index is -0.525. The molecule has 0 saturated carbocycles. The van der Waals surface area contributed by atoms with Crippen molar-refractivity contribution in [3.05, 3.63) is 38.3 Å². The number of hydrogen-bond acceptors (Lipinski definition) is 5. The van der Waals surface area contributed by atoms with Crippen molar-refractivity contribution in [3.63, 3.8) is 0 Å². The second-order valence-electron chi connectivity index (χ2n) is 3.60. The van der Waals surface area contributed by atoms with Crippen LogP contribution in [0.25, 0.3) is 0 Å². The minimum absolute atomic E-state index is 0.0829. The maximum atomic E-state index is 11.4. The monoisotopic (exact) mass is 361 g/mol. The van der Waals surface area contributed by atoms with Crippen molar-refractivity contribution in [2.45, 2.75) is 6.92 Å². The molecule has 7 heteroatoms. The summed E-state index contributed by atoms with van der Waals surface area (Å²) in [6.07, 6.45) is 0. The van der Waals surface area contributed by atoms with E-state index in [0.29, 0.717) is 10.9 Å². The quantitative estimate of drug-likeness (QED) is 0.757. The van der Waals surface area contributed by atoms with E-state index in [1.54, 1.807) is 0 Å². The summed E-state index contributed by atoms with van der Waals surface area (Å²) in [6, 6.07) is 5.65. The molecular weight excluding hydrogens is 354 g/mol. The van der Waals surface area contributed by atoms with Crippen molar-refractivity contribution in [1.82, 2.24) is 4.98 Å². The second-order valence-corrected chi connectivity index (χ2v) is 5.84. The predicted molar refractivity (Wildman–Crippen MR) is 77.4 cm³/mol. The first-order valence-corrected chi connectivity index (χ1v) is 7.18. The smallest absolute Gasteiger partial charge is 0.351 e. The lowest BCUT2D eigenvalue weighted by atomic mass is 10.2. The van der Waals surface area contributed by atoms with Gasteiger partial charge >= 0.3 is 5.97 Å². The Hall–Kier alpha value is -1.11. The fraction of sp³-hybridized carbons (Fsp3) is 0.167. The summed E-state index contributed by atoms with van der Waals surface area (Å²) in [4.78, 5) is 15.6. The van der Waals surface area contributed by atoms with Crippen molar-refractivity contribution in [1.29, 1.82) is 0 Å². The number of carbonyl (C=O) groups excluding carboxylic acids is 1. The van der Waals surface area contributed by atoms with Crippen molar-refractivity contribution in [3.8, 4) is 10.9 Å². The van der Waals surface area contributed by atoms with Gasteiger partial charge in [0.2, 0.25) is 0 Å². The van der Waals surface area contributed by atoms with Gasteiger partial charge in [-0.15, -0.1) is 0 Å². The number of halogens is 2. The Morgan fingerprint density at radius 2 is 2.21 bits per heavy atom. The lowest BCUT2D eigenvalue weighted by Gasteiger charge is -2.05. The molecule has 2 aromatic rings. The average molecular weight is 363 g/mol. The fourth-order valence-corrected chi connectivity index (χ4v) is 2.72. The highest BCUT2D eigenvalue weighted by Gasteiger charge is 2.18. The van der Waals surface area contributed by atoms with E-state index in [1.807, 2.05) is 25.1 Å². The Morgan fingerprint density at radius 1 is 1.47 bits per heavy atom. The van der Waals surface area contributed by atoms with Crippen LogP contribution in [0.15, 0.2) is 22.7 Å². The molecule has 4 nitrogen and oxygen atoms in total. The molecule has 0 N–H and O–H groups in total. The van der Waals surface area contributed by atoms with Crippen molar-refractivity contribution < 1.29 is 14.3 Å². The maximum absolute atomic E-state index is 11.4. The van der Waals surface area contributed by atoms with E-state index in [2.05, 4.69) is 25.7 Å². The molecular formula is C12H9BrClNO3S. The number of thiazole rings is 1. The zero-order valence-corrected chi connectivity index (χ0v) is 13.2. The molecule has 2 rings (SSSR count). The van der Waals surface area contributed by atoms with Crippen LogP contribution in [0.3, 0.4) is 0 Å². The second kappa shape index (κ2) is 5.90. The Kier molecular flexibility index (Phi) is 4.44. The SMILES string of the molecule is COC(=O)c1sc(Oc2cc(Br)ccc2C)nc1Cl. The van der Waals surface area contributed by atoms with Crippen LogP contribution in [0.2, 0.25) is 5.15 Å². The number of benzene rings is 1. The summed E-state index contributed by atoms with van der Waals surface area (Å²) in [5.74, 6) is 0.125. The van der Waals surface area contributed by atoms with Crippen LogP contribution >= 0.6 is 38.9 Å². The van der Waals surface area contributed by atoms with Crippen LogP contribution in [-0.2, 0) is 4.74 Å². The zero-order chi connectivity index (χ0) is 14.0. The van der Waals surface area contributed by atoms with E-state index in [4.69, 9.17) is 16.3 Å². The van der Waals surface area contributed by atoms with Crippen LogP contribution < -0.4 is 4.74 Å². The molecule has 1 aromatic carbocycles. The van der Waals surface area contributed by atoms with E-state index in [0.717, 1.165) is 21.4 Å². The van der Waals surface area contributed by atoms with Gasteiger partial charge in [-0.1, -0.05) is 44.9 Å². The molecule has 0 aliphatic rings. The molecule has 0 fully saturated rings. The van der Waals surface area contributed by atoms with E-state index >= 15 is 0 Å². The van der Waals surface area contributed by atoms with Crippen LogP contribution in [0, 0.1) is 6.92 Å². The number of ether oxygens (including phenoxy) is 2. The first kappa shape index (κ1) is 14.3. The highest BCUT2D eigenvalue weighted by atomic mass is 79.9. The molecule has 19 heavy (non-hydrogen) atoms. The molecule has 0 spiro atoms. The first-order chi connectivity index (χ1) is 9.01. The van der Waals surface area contributed by atoms with E-state index in [-0.39, 0.29) is 10.0 Å². The van der Waals surface area contributed by atoms with Gasteiger partial charge in [0.15, 0.2) is 10.0 Å². The van der Waals surface area contributed by atoms with E-state index in [9.17, 15) is 4.79 Å². The first-order valence-electron chi connectivity index (χ1n) is 5.20. The van der Waals surface area contributed by atoms with Gasteiger partial charge < -0.3 is 9.47 Å². The number of hydrogen-bond donors (Lipinski definition) is 0. The highest BCUT2D eigenvalue weighted by molar-refractivity contribution is 9.10. The Morgan fingerprint density at radius 3 is 2.89 bits per heavy atom. The number of aromatic nitrogens is 1. The molecule has 1 heterocycles. The lowest BCUT2D eigenvalue weighted by molar-refractivity contribution is 0.0606. The van der Waals surface area contributed by atoms with Gasteiger partial charge in [0, 0.05) is 4.47 Å². The number of carbonyl (C=O) groups is 1. The molecule has 0 atom stereocenters. The number of methoxy groups -OCH3 is 1. The number of nitrogens with zero attached hydrogens (tertiary/aromatic N) is 1. The third-order valence-electron chi connectivity index (χ3n) is 2.28. The van der Waals surface area contributed by atoms with Gasteiger partial charge in [-0.25, -0.2) is 4.79 Å². The Balaban J connectivity index is 2.29. The minimum Gasteiger partial charge on any atom is -0.465 e. The summed E-state index contributed by atoms with van der Waals surface area (Å²) in [5, 5.41) is 0.381. The number of aryl methyl sites for hydroxylation is 1. The third kappa shape index (κ3) is 3.26. The van der Waals surface area contributed by atoms with Gasteiger partial charge in [0.25, 0.3) is 5.19 Å².